The average Bonchev–Trinajstić information content (AvgIpc) is 2.86. The number of benzene rings is 1. The van der Waals surface area contributed by atoms with Gasteiger partial charge in [-0.2, -0.15) is 5.10 Å². The van der Waals surface area contributed by atoms with Crippen LogP contribution in [0.2, 0.25) is 0 Å². The summed E-state index contributed by atoms with van der Waals surface area (Å²) < 4.78 is 5.37. The minimum atomic E-state index is -0.808. The van der Waals surface area contributed by atoms with Gasteiger partial charge >= 0.3 is 5.97 Å². The van der Waals surface area contributed by atoms with Crippen LogP contribution >= 0.6 is 0 Å². The number of carbonyl (C=O) groups is 1. The first kappa shape index (κ1) is 13.1. The van der Waals surface area contributed by atoms with E-state index >= 15 is 0 Å². The highest BCUT2D eigenvalue weighted by atomic mass is 16.5. The quantitative estimate of drug-likeness (QED) is 0.836. The Labute approximate surface area is 111 Å². The molecule has 0 radical (unpaired) electrons. The third kappa shape index (κ3) is 3.58. The number of aromatic amines is 1. The van der Waals surface area contributed by atoms with Gasteiger partial charge in [0.2, 0.25) is 0 Å². The molecule has 0 amide bonds. The SMILES string of the molecule is CCOc1ccc(-c2cc(CCC(=O)O)[nH]n2)cc1. The van der Waals surface area contributed by atoms with Gasteiger partial charge in [-0.15, -0.1) is 0 Å². The van der Waals surface area contributed by atoms with Crippen molar-refractivity contribution in [3.8, 4) is 17.0 Å². The first-order chi connectivity index (χ1) is 9.19. The molecule has 5 heteroatoms. The van der Waals surface area contributed by atoms with E-state index in [1.807, 2.05) is 37.3 Å². The van der Waals surface area contributed by atoms with Crippen LogP contribution in [0.1, 0.15) is 19.0 Å². The summed E-state index contributed by atoms with van der Waals surface area (Å²) >= 11 is 0. The second-order valence-electron chi connectivity index (χ2n) is 4.13. The topological polar surface area (TPSA) is 75.2 Å². The molecule has 0 saturated heterocycles. The van der Waals surface area contributed by atoms with Crippen molar-refractivity contribution in [2.45, 2.75) is 19.8 Å². The number of aryl methyl sites for hydroxylation is 1. The summed E-state index contributed by atoms with van der Waals surface area (Å²) in [6.07, 6.45) is 0.560. The number of ether oxygens (including phenoxy) is 1. The Morgan fingerprint density at radius 3 is 2.74 bits per heavy atom. The molecular weight excluding hydrogens is 244 g/mol. The maximum Gasteiger partial charge on any atom is 0.303 e. The molecule has 0 aliphatic rings. The van der Waals surface area contributed by atoms with Crippen LogP contribution in [0.3, 0.4) is 0 Å². The summed E-state index contributed by atoms with van der Waals surface area (Å²) in [4.78, 5) is 10.5. The molecule has 0 atom stereocenters. The second kappa shape index (κ2) is 6.04. The molecule has 0 fully saturated rings. The Hall–Kier alpha value is -2.30. The van der Waals surface area contributed by atoms with Gasteiger partial charge < -0.3 is 9.84 Å². The number of rotatable bonds is 6. The van der Waals surface area contributed by atoms with Gasteiger partial charge in [0.1, 0.15) is 5.75 Å². The van der Waals surface area contributed by atoms with Gasteiger partial charge in [0, 0.05) is 11.3 Å². The van der Waals surface area contributed by atoms with E-state index < -0.39 is 5.97 Å². The lowest BCUT2D eigenvalue weighted by Gasteiger charge is -2.02. The molecule has 5 nitrogen and oxygen atoms in total. The number of carboxylic acid groups (broad SMARTS) is 1. The maximum atomic E-state index is 10.5. The molecule has 2 N–H and O–H groups in total. The Morgan fingerprint density at radius 2 is 2.11 bits per heavy atom. The molecule has 1 aromatic carbocycles. The van der Waals surface area contributed by atoms with Crippen LogP contribution in [0.15, 0.2) is 30.3 Å². The van der Waals surface area contributed by atoms with Crippen molar-refractivity contribution < 1.29 is 14.6 Å². The second-order valence-corrected chi connectivity index (χ2v) is 4.13. The van der Waals surface area contributed by atoms with Gasteiger partial charge in [-0.3, -0.25) is 9.89 Å². The van der Waals surface area contributed by atoms with Crippen LogP contribution in [0.25, 0.3) is 11.3 Å². The van der Waals surface area contributed by atoms with Crippen molar-refractivity contribution in [2.24, 2.45) is 0 Å². The highest BCUT2D eigenvalue weighted by Gasteiger charge is 2.06. The lowest BCUT2D eigenvalue weighted by molar-refractivity contribution is -0.136. The third-order valence-electron chi connectivity index (χ3n) is 2.70. The number of aromatic nitrogens is 2. The van der Waals surface area contributed by atoms with E-state index in [-0.39, 0.29) is 6.42 Å². The van der Waals surface area contributed by atoms with Gasteiger partial charge in [0.25, 0.3) is 0 Å². The van der Waals surface area contributed by atoms with Gasteiger partial charge in [-0.05, 0) is 43.7 Å². The lowest BCUT2D eigenvalue weighted by atomic mass is 10.1. The summed E-state index contributed by atoms with van der Waals surface area (Å²) in [5, 5.41) is 15.7. The zero-order valence-corrected chi connectivity index (χ0v) is 10.7. The minimum Gasteiger partial charge on any atom is -0.494 e. The molecule has 0 saturated carbocycles. The molecule has 0 bridgehead atoms. The lowest BCUT2D eigenvalue weighted by Crippen LogP contribution is -1.97. The fraction of sp³-hybridized carbons (Fsp3) is 0.286. The smallest absolute Gasteiger partial charge is 0.303 e. The molecule has 0 aliphatic heterocycles. The number of carboxylic acids is 1. The fourth-order valence-electron chi connectivity index (χ4n) is 1.77. The van der Waals surface area contributed by atoms with Crippen molar-refractivity contribution in [3.05, 3.63) is 36.0 Å². The van der Waals surface area contributed by atoms with E-state index in [1.165, 1.54) is 0 Å². The summed E-state index contributed by atoms with van der Waals surface area (Å²) in [6, 6.07) is 9.53. The first-order valence-corrected chi connectivity index (χ1v) is 6.18. The molecule has 1 aromatic heterocycles. The van der Waals surface area contributed by atoms with Crippen molar-refractivity contribution in [2.75, 3.05) is 6.61 Å². The van der Waals surface area contributed by atoms with Crippen LogP contribution in [-0.4, -0.2) is 27.9 Å². The van der Waals surface area contributed by atoms with Crippen LogP contribution < -0.4 is 4.74 Å². The Bertz CT molecular complexity index is 546. The molecule has 19 heavy (non-hydrogen) atoms. The molecule has 0 spiro atoms. The van der Waals surface area contributed by atoms with E-state index in [9.17, 15) is 4.79 Å². The monoisotopic (exact) mass is 260 g/mol. The summed E-state index contributed by atoms with van der Waals surface area (Å²) in [5.74, 6) is 0.0186. The Kier molecular flexibility index (Phi) is 4.18. The highest BCUT2D eigenvalue weighted by Crippen LogP contribution is 2.21. The molecule has 2 rings (SSSR count). The number of hydrogen-bond acceptors (Lipinski definition) is 3. The van der Waals surface area contributed by atoms with Crippen molar-refractivity contribution in [1.82, 2.24) is 10.2 Å². The Balaban J connectivity index is 2.07. The van der Waals surface area contributed by atoms with Gasteiger partial charge in [0.05, 0.1) is 18.7 Å². The van der Waals surface area contributed by atoms with Gasteiger partial charge in [0.15, 0.2) is 0 Å². The largest absolute Gasteiger partial charge is 0.494 e. The standard InChI is InChI=1S/C14H16N2O3/c1-2-19-12-6-3-10(4-7-12)13-9-11(15-16-13)5-8-14(17)18/h3-4,6-7,9H,2,5,8H2,1H3,(H,15,16)(H,17,18). The summed E-state index contributed by atoms with van der Waals surface area (Å²) in [6.45, 7) is 2.58. The van der Waals surface area contributed by atoms with Gasteiger partial charge in [-0.1, -0.05) is 0 Å². The van der Waals surface area contributed by atoms with Crippen LogP contribution in [0.4, 0.5) is 0 Å². The molecule has 0 unspecified atom stereocenters. The molecule has 2 aromatic rings. The van der Waals surface area contributed by atoms with Crippen molar-refractivity contribution in [1.29, 1.82) is 0 Å². The average molecular weight is 260 g/mol. The number of nitrogens with zero attached hydrogens (tertiary/aromatic N) is 1. The number of aliphatic carboxylic acids is 1. The van der Waals surface area contributed by atoms with E-state index in [1.54, 1.807) is 0 Å². The minimum absolute atomic E-state index is 0.102. The number of H-pyrrole nitrogens is 1. The van der Waals surface area contributed by atoms with Crippen molar-refractivity contribution >= 4 is 5.97 Å². The number of nitrogens with one attached hydrogen (secondary N) is 1. The molecule has 0 aliphatic carbocycles. The van der Waals surface area contributed by atoms with E-state index in [0.717, 1.165) is 22.7 Å². The first-order valence-electron chi connectivity index (χ1n) is 6.18. The van der Waals surface area contributed by atoms with Crippen LogP contribution in [0.5, 0.6) is 5.75 Å². The predicted octanol–water partition coefficient (Wildman–Crippen LogP) is 2.49. The Morgan fingerprint density at radius 1 is 1.37 bits per heavy atom. The maximum absolute atomic E-state index is 10.5. The summed E-state index contributed by atoms with van der Waals surface area (Å²) in [7, 11) is 0. The molecule has 1 heterocycles. The highest BCUT2D eigenvalue weighted by molar-refractivity contribution is 5.67. The molecule has 100 valence electrons. The van der Waals surface area contributed by atoms with E-state index in [2.05, 4.69) is 10.2 Å². The normalized spacial score (nSPS) is 10.4. The van der Waals surface area contributed by atoms with Crippen molar-refractivity contribution in [3.63, 3.8) is 0 Å². The molecular formula is C14H16N2O3. The van der Waals surface area contributed by atoms with E-state index in [4.69, 9.17) is 9.84 Å². The van der Waals surface area contributed by atoms with Gasteiger partial charge in [-0.25, -0.2) is 0 Å². The number of hydrogen-bond donors (Lipinski definition) is 2. The zero-order chi connectivity index (χ0) is 13.7. The van der Waals surface area contributed by atoms with Crippen LogP contribution in [-0.2, 0) is 11.2 Å². The zero-order valence-electron chi connectivity index (χ0n) is 10.7. The summed E-state index contributed by atoms with van der Waals surface area (Å²) in [5.41, 5.74) is 2.61. The fourth-order valence-corrected chi connectivity index (χ4v) is 1.77. The third-order valence-corrected chi connectivity index (χ3v) is 2.70. The predicted molar refractivity (Wildman–Crippen MR) is 71.1 cm³/mol. The van der Waals surface area contributed by atoms with E-state index in [0.29, 0.717) is 13.0 Å². The van der Waals surface area contributed by atoms with Crippen LogP contribution in [0, 0.1) is 0 Å².